The van der Waals surface area contributed by atoms with Crippen molar-refractivity contribution in [1.29, 1.82) is 0 Å². The van der Waals surface area contributed by atoms with Crippen LogP contribution in [0.15, 0.2) is 16.9 Å². The number of amides is 2. The Morgan fingerprint density at radius 1 is 1.26 bits per heavy atom. The number of piperazine rings is 1. The monoisotopic (exact) mass is 433 g/mol. The summed E-state index contributed by atoms with van der Waals surface area (Å²) in [4.78, 5) is 51.3. The fourth-order valence-electron chi connectivity index (χ4n) is 4.59. The lowest BCUT2D eigenvalue weighted by Crippen LogP contribution is -2.53. The Kier molecular flexibility index (Phi) is 5.29. The molecular weight excluding hydrogens is 409 g/mol. The van der Waals surface area contributed by atoms with Gasteiger partial charge < -0.3 is 10.0 Å². The minimum atomic E-state index is -0.905. The van der Waals surface area contributed by atoms with Crippen molar-refractivity contribution in [1.82, 2.24) is 19.4 Å². The third kappa shape index (κ3) is 3.58. The number of aryl methyl sites for hydroxylation is 1. The summed E-state index contributed by atoms with van der Waals surface area (Å²) in [6.45, 7) is 3.22. The fourth-order valence-corrected chi connectivity index (χ4v) is 4.59. The van der Waals surface area contributed by atoms with E-state index >= 15 is 4.39 Å². The number of hydrogen-bond acceptors (Lipinski definition) is 6. The van der Waals surface area contributed by atoms with Crippen LogP contribution in [0.5, 0.6) is 0 Å². The summed E-state index contributed by atoms with van der Waals surface area (Å²) in [7, 11) is 1.45. The average Bonchev–Trinajstić information content (AvgIpc) is 2.94. The van der Waals surface area contributed by atoms with Crippen molar-refractivity contribution in [3.8, 4) is 0 Å². The first-order valence-electron chi connectivity index (χ1n) is 10.1. The molecule has 10 nitrogen and oxygen atoms in total. The van der Waals surface area contributed by atoms with Crippen molar-refractivity contribution in [2.45, 2.75) is 31.8 Å². The van der Waals surface area contributed by atoms with Gasteiger partial charge in [0.2, 0.25) is 11.8 Å². The van der Waals surface area contributed by atoms with Crippen LogP contribution < -0.4 is 15.9 Å². The molecule has 0 spiro atoms. The summed E-state index contributed by atoms with van der Waals surface area (Å²) in [5, 5.41) is 11.2. The number of fused-ring (bicyclic) bond motifs is 1. The summed E-state index contributed by atoms with van der Waals surface area (Å²) >= 11 is 0. The predicted molar refractivity (Wildman–Crippen MR) is 109 cm³/mol. The highest BCUT2D eigenvalue weighted by atomic mass is 19.1. The number of aliphatic carboxylic acids is 1. The molecule has 1 aromatic carbocycles. The number of carbonyl (C=O) groups is 3. The van der Waals surface area contributed by atoms with Crippen LogP contribution in [-0.4, -0.2) is 69.1 Å². The molecule has 31 heavy (non-hydrogen) atoms. The van der Waals surface area contributed by atoms with Gasteiger partial charge in [0.15, 0.2) is 5.82 Å². The zero-order chi connectivity index (χ0) is 22.4. The van der Waals surface area contributed by atoms with Crippen LogP contribution in [-0.2, 0) is 21.4 Å². The maximum Gasteiger partial charge on any atom is 0.329 e. The van der Waals surface area contributed by atoms with Gasteiger partial charge in [-0.1, -0.05) is 0 Å². The van der Waals surface area contributed by atoms with Crippen LogP contribution in [0.4, 0.5) is 10.1 Å². The first-order chi connectivity index (χ1) is 14.7. The second kappa shape index (κ2) is 7.80. The topological polar surface area (TPSA) is 117 Å². The van der Waals surface area contributed by atoms with Crippen molar-refractivity contribution in [3.05, 3.63) is 28.4 Å². The minimum absolute atomic E-state index is 0.0665. The van der Waals surface area contributed by atoms with Crippen molar-refractivity contribution in [3.63, 3.8) is 0 Å². The summed E-state index contributed by atoms with van der Waals surface area (Å²) in [6.07, 6.45) is 0.285. The number of benzene rings is 1. The smallest absolute Gasteiger partial charge is 0.329 e. The van der Waals surface area contributed by atoms with Crippen molar-refractivity contribution >= 4 is 34.5 Å². The lowest BCUT2D eigenvalue weighted by Gasteiger charge is -2.40. The van der Waals surface area contributed by atoms with Crippen molar-refractivity contribution in [2.75, 3.05) is 31.1 Å². The number of halogens is 1. The molecule has 166 valence electrons. The molecule has 2 aliphatic heterocycles. The molecule has 4 rings (SSSR count). The van der Waals surface area contributed by atoms with E-state index < -0.39 is 29.4 Å². The number of nitrogens with zero attached hydrogens (tertiary/aromatic N) is 4. The van der Waals surface area contributed by atoms with Gasteiger partial charge in [-0.25, -0.2) is 9.18 Å². The van der Waals surface area contributed by atoms with E-state index in [1.807, 2.05) is 11.8 Å². The molecule has 0 saturated carbocycles. The minimum Gasteiger partial charge on any atom is -0.480 e. The van der Waals surface area contributed by atoms with Gasteiger partial charge >= 0.3 is 11.7 Å². The SMILES string of the molecule is C[C@H]1CN(CC(=O)O)CCN1c1ccc2c(c1F)n(C)c(=O)n2C1CCC(=O)NC1=O. The number of piperidine rings is 1. The third-order valence-electron chi connectivity index (χ3n) is 6.06. The predicted octanol–water partition coefficient (Wildman–Crippen LogP) is 0.0519. The summed E-state index contributed by atoms with van der Waals surface area (Å²) < 4.78 is 18.1. The number of anilines is 1. The normalized spacial score (nSPS) is 22.7. The molecule has 2 amide bonds. The quantitative estimate of drug-likeness (QED) is 0.655. The first-order valence-corrected chi connectivity index (χ1v) is 10.1. The highest BCUT2D eigenvalue weighted by Crippen LogP contribution is 2.31. The number of carboxylic acids is 1. The van der Waals surface area contributed by atoms with Crippen LogP contribution in [0.1, 0.15) is 25.8 Å². The van der Waals surface area contributed by atoms with E-state index in [1.165, 1.54) is 16.2 Å². The molecule has 2 fully saturated rings. The fraction of sp³-hybridized carbons (Fsp3) is 0.500. The Hall–Kier alpha value is -3.21. The summed E-state index contributed by atoms with van der Waals surface area (Å²) in [5.41, 5.74) is 0.179. The van der Waals surface area contributed by atoms with Gasteiger partial charge in [-0.15, -0.1) is 0 Å². The van der Waals surface area contributed by atoms with E-state index in [2.05, 4.69) is 5.32 Å². The number of carbonyl (C=O) groups excluding carboxylic acids is 2. The zero-order valence-electron chi connectivity index (χ0n) is 17.3. The molecule has 0 aliphatic carbocycles. The van der Waals surface area contributed by atoms with E-state index in [9.17, 15) is 19.2 Å². The standard InChI is InChI=1S/C20H24FN5O5/c1-11-9-24(10-16(28)29)7-8-25(11)12-3-4-13-18(17(12)21)23(2)20(31)26(13)14-5-6-15(27)22-19(14)30/h3-4,11,14H,5-10H2,1-2H3,(H,28,29)(H,22,27,30)/t11-,14?/m0/s1. The van der Waals surface area contributed by atoms with Crippen molar-refractivity contribution < 1.29 is 23.9 Å². The lowest BCUT2D eigenvalue weighted by molar-refractivity contribution is -0.139. The number of carboxylic acid groups (broad SMARTS) is 1. The molecular formula is C20H24FN5O5. The van der Waals surface area contributed by atoms with Gasteiger partial charge in [-0.3, -0.25) is 33.7 Å². The number of rotatable bonds is 4. The Morgan fingerprint density at radius 2 is 2.00 bits per heavy atom. The van der Waals surface area contributed by atoms with E-state index in [-0.39, 0.29) is 36.9 Å². The van der Waals surface area contributed by atoms with Gasteiger partial charge in [0.1, 0.15) is 11.6 Å². The van der Waals surface area contributed by atoms with Gasteiger partial charge in [-0.05, 0) is 25.5 Å². The number of aromatic nitrogens is 2. The highest BCUT2D eigenvalue weighted by molar-refractivity contribution is 6.00. The Balaban J connectivity index is 1.71. The van der Waals surface area contributed by atoms with Crippen LogP contribution in [0.25, 0.3) is 11.0 Å². The van der Waals surface area contributed by atoms with Crippen LogP contribution in [0.2, 0.25) is 0 Å². The zero-order valence-corrected chi connectivity index (χ0v) is 17.3. The Morgan fingerprint density at radius 3 is 2.65 bits per heavy atom. The molecule has 2 N–H and O–H groups in total. The van der Waals surface area contributed by atoms with E-state index in [0.717, 1.165) is 0 Å². The van der Waals surface area contributed by atoms with Crippen LogP contribution >= 0.6 is 0 Å². The van der Waals surface area contributed by atoms with Crippen LogP contribution in [0.3, 0.4) is 0 Å². The summed E-state index contributed by atoms with van der Waals surface area (Å²) in [6, 6.07) is 2.20. The van der Waals surface area contributed by atoms with Gasteiger partial charge in [0.25, 0.3) is 0 Å². The molecule has 2 aliphatic rings. The van der Waals surface area contributed by atoms with Gasteiger partial charge in [0.05, 0.1) is 17.7 Å². The second-order valence-electron chi connectivity index (χ2n) is 8.12. The molecule has 0 bridgehead atoms. The van der Waals surface area contributed by atoms with E-state index in [1.54, 1.807) is 17.0 Å². The molecule has 2 atom stereocenters. The van der Waals surface area contributed by atoms with Crippen molar-refractivity contribution in [2.24, 2.45) is 7.05 Å². The van der Waals surface area contributed by atoms with Crippen LogP contribution in [0, 0.1) is 5.82 Å². The largest absolute Gasteiger partial charge is 0.480 e. The Labute approximate surface area is 176 Å². The molecule has 1 unspecified atom stereocenters. The van der Waals surface area contributed by atoms with Gasteiger partial charge in [0, 0.05) is 39.1 Å². The second-order valence-corrected chi connectivity index (χ2v) is 8.12. The number of hydrogen-bond donors (Lipinski definition) is 2. The number of nitrogens with one attached hydrogen (secondary N) is 1. The summed E-state index contributed by atoms with van der Waals surface area (Å²) in [5.74, 6) is -2.43. The highest BCUT2D eigenvalue weighted by Gasteiger charge is 2.33. The number of imidazole rings is 1. The first kappa shape index (κ1) is 21.0. The maximum absolute atomic E-state index is 15.6. The molecule has 2 saturated heterocycles. The third-order valence-corrected chi connectivity index (χ3v) is 6.06. The van der Waals surface area contributed by atoms with E-state index in [4.69, 9.17) is 5.11 Å². The average molecular weight is 433 g/mol. The lowest BCUT2D eigenvalue weighted by atomic mass is 10.1. The molecule has 2 aromatic rings. The molecule has 1 aromatic heterocycles. The molecule has 3 heterocycles. The van der Waals surface area contributed by atoms with E-state index in [0.29, 0.717) is 30.8 Å². The molecule has 0 radical (unpaired) electrons. The maximum atomic E-state index is 15.6. The molecule has 11 heteroatoms. The number of imide groups is 1. The Bertz CT molecular complexity index is 1140. The van der Waals surface area contributed by atoms with Gasteiger partial charge in [-0.2, -0.15) is 0 Å².